The number of rotatable bonds is 1. The van der Waals surface area contributed by atoms with E-state index in [1.807, 2.05) is 0 Å². The molecule has 0 aliphatic carbocycles. The van der Waals surface area contributed by atoms with Crippen molar-refractivity contribution in [3.05, 3.63) is 23.3 Å². The van der Waals surface area contributed by atoms with Crippen LogP contribution in [0.25, 0.3) is 0 Å². The summed E-state index contributed by atoms with van der Waals surface area (Å²) in [4.78, 5) is 10.4. The Morgan fingerprint density at radius 3 is 2.07 bits per heavy atom. The number of carboxylic acids is 1. The molecule has 0 atom stereocenters. The van der Waals surface area contributed by atoms with Gasteiger partial charge in [-0.05, 0) is 6.07 Å². The van der Waals surface area contributed by atoms with Crippen LogP contribution in [0, 0.1) is 0 Å². The van der Waals surface area contributed by atoms with Crippen LogP contribution in [0.15, 0.2) is 12.1 Å². The molecule has 0 amide bonds. The maximum absolute atomic E-state index is 12.2. The summed E-state index contributed by atoms with van der Waals surface area (Å²) in [7, 11) is 0. The Hall–Kier alpha value is -1.92. The van der Waals surface area contributed by atoms with Crippen LogP contribution in [0.3, 0.4) is 0 Å². The highest BCUT2D eigenvalue weighted by Crippen LogP contribution is 2.38. The zero-order valence-corrected chi connectivity index (χ0v) is 7.04. The third-order valence-electron chi connectivity index (χ3n) is 1.65. The van der Waals surface area contributed by atoms with Crippen LogP contribution in [0.2, 0.25) is 0 Å². The number of phenolic OH excluding ortho intramolecular Hbond substituents is 1. The lowest BCUT2D eigenvalue weighted by Crippen LogP contribution is -2.08. The Labute approximate surface area is 81.2 Å². The summed E-state index contributed by atoms with van der Waals surface area (Å²) < 4.78 is 36.6. The summed E-state index contributed by atoms with van der Waals surface area (Å²) in [5, 5.41) is 26.2. The maximum Gasteiger partial charge on any atom is 0.419 e. The van der Waals surface area contributed by atoms with Gasteiger partial charge >= 0.3 is 12.1 Å². The van der Waals surface area contributed by atoms with Gasteiger partial charge in [-0.15, -0.1) is 0 Å². The molecule has 7 heteroatoms. The molecule has 0 radical (unpaired) electrons. The average molecular weight is 222 g/mol. The fourth-order valence-electron chi connectivity index (χ4n) is 0.976. The van der Waals surface area contributed by atoms with E-state index in [1.54, 1.807) is 0 Å². The summed E-state index contributed by atoms with van der Waals surface area (Å²) >= 11 is 0. The largest absolute Gasteiger partial charge is 0.507 e. The van der Waals surface area contributed by atoms with Crippen LogP contribution < -0.4 is 0 Å². The first-order valence-corrected chi connectivity index (χ1v) is 3.60. The molecule has 0 aromatic heterocycles. The van der Waals surface area contributed by atoms with Crippen molar-refractivity contribution in [2.45, 2.75) is 6.18 Å². The lowest BCUT2D eigenvalue weighted by atomic mass is 10.1. The molecule has 15 heavy (non-hydrogen) atoms. The van der Waals surface area contributed by atoms with Gasteiger partial charge in [-0.1, -0.05) is 0 Å². The predicted molar refractivity (Wildman–Crippen MR) is 41.7 cm³/mol. The van der Waals surface area contributed by atoms with E-state index in [1.165, 1.54) is 0 Å². The van der Waals surface area contributed by atoms with Crippen LogP contribution >= 0.6 is 0 Å². The fourth-order valence-corrected chi connectivity index (χ4v) is 0.976. The normalized spacial score (nSPS) is 11.4. The van der Waals surface area contributed by atoms with Crippen LogP contribution in [0.1, 0.15) is 15.9 Å². The Morgan fingerprint density at radius 1 is 1.13 bits per heavy atom. The number of benzene rings is 1. The number of aromatic carboxylic acids is 1. The second kappa shape index (κ2) is 3.34. The van der Waals surface area contributed by atoms with Crippen molar-refractivity contribution < 1.29 is 33.3 Å². The van der Waals surface area contributed by atoms with Crippen LogP contribution in [-0.4, -0.2) is 21.3 Å². The lowest BCUT2D eigenvalue weighted by Gasteiger charge is -2.10. The van der Waals surface area contributed by atoms with Crippen LogP contribution in [0.4, 0.5) is 13.2 Å². The molecule has 1 rings (SSSR count). The third kappa shape index (κ3) is 2.12. The predicted octanol–water partition coefficient (Wildman–Crippen LogP) is 1.81. The second-order valence-corrected chi connectivity index (χ2v) is 2.69. The maximum atomic E-state index is 12.2. The van der Waals surface area contributed by atoms with Gasteiger partial charge < -0.3 is 15.3 Å². The van der Waals surface area contributed by atoms with Crippen molar-refractivity contribution in [1.29, 1.82) is 0 Å². The quantitative estimate of drug-likeness (QED) is 0.677. The molecule has 0 fully saturated rings. The molecule has 0 spiro atoms. The minimum absolute atomic E-state index is 0.174. The molecule has 0 saturated carbocycles. The molecule has 0 saturated heterocycles. The van der Waals surface area contributed by atoms with E-state index in [2.05, 4.69) is 0 Å². The average Bonchev–Trinajstić information content (AvgIpc) is 2.00. The number of aromatic hydroxyl groups is 2. The molecule has 3 N–H and O–H groups in total. The van der Waals surface area contributed by atoms with Gasteiger partial charge in [0.1, 0.15) is 17.1 Å². The van der Waals surface area contributed by atoms with E-state index in [-0.39, 0.29) is 6.07 Å². The lowest BCUT2D eigenvalue weighted by molar-refractivity contribution is -0.138. The third-order valence-corrected chi connectivity index (χ3v) is 1.65. The van der Waals surface area contributed by atoms with Crippen LogP contribution in [-0.2, 0) is 6.18 Å². The van der Waals surface area contributed by atoms with Crippen molar-refractivity contribution in [3.63, 3.8) is 0 Å². The molecule has 82 valence electrons. The van der Waals surface area contributed by atoms with E-state index < -0.39 is 34.8 Å². The zero-order chi connectivity index (χ0) is 11.8. The highest BCUT2D eigenvalue weighted by atomic mass is 19.4. The SMILES string of the molecule is O=C(O)c1cc(C(F)(F)F)c(O)cc1O. The molecule has 4 nitrogen and oxygen atoms in total. The van der Waals surface area contributed by atoms with Crippen molar-refractivity contribution in [1.82, 2.24) is 0 Å². The summed E-state index contributed by atoms with van der Waals surface area (Å²) in [6.07, 6.45) is -4.87. The van der Waals surface area contributed by atoms with Gasteiger partial charge in [0.25, 0.3) is 0 Å². The van der Waals surface area contributed by atoms with E-state index in [4.69, 9.17) is 15.3 Å². The standard InChI is InChI=1S/C8H5F3O4/c9-8(10,11)4-1-3(7(14)15)5(12)2-6(4)13/h1-2,12-13H,(H,14,15). The van der Waals surface area contributed by atoms with Crippen molar-refractivity contribution in [3.8, 4) is 11.5 Å². The van der Waals surface area contributed by atoms with E-state index in [0.29, 0.717) is 6.07 Å². The first kappa shape index (κ1) is 11.2. The summed E-state index contributed by atoms with van der Waals surface area (Å²) in [6.45, 7) is 0. The van der Waals surface area contributed by atoms with Crippen molar-refractivity contribution in [2.24, 2.45) is 0 Å². The highest BCUT2D eigenvalue weighted by molar-refractivity contribution is 5.91. The van der Waals surface area contributed by atoms with Gasteiger partial charge in [0.2, 0.25) is 0 Å². The summed E-state index contributed by atoms with van der Waals surface area (Å²) in [5.74, 6) is -3.85. The Kier molecular flexibility index (Phi) is 2.48. The first-order chi connectivity index (χ1) is 6.73. The van der Waals surface area contributed by atoms with Gasteiger partial charge in [0.15, 0.2) is 0 Å². The van der Waals surface area contributed by atoms with Crippen molar-refractivity contribution in [2.75, 3.05) is 0 Å². The fraction of sp³-hybridized carbons (Fsp3) is 0.125. The monoisotopic (exact) mass is 222 g/mol. The molecule has 0 bridgehead atoms. The Morgan fingerprint density at radius 2 is 1.67 bits per heavy atom. The molecular weight excluding hydrogens is 217 g/mol. The Bertz CT molecular complexity index is 411. The topological polar surface area (TPSA) is 77.8 Å². The van der Waals surface area contributed by atoms with Gasteiger partial charge in [-0.3, -0.25) is 0 Å². The minimum Gasteiger partial charge on any atom is -0.507 e. The van der Waals surface area contributed by atoms with E-state index in [0.717, 1.165) is 0 Å². The number of halogens is 3. The minimum atomic E-state index is -4.87. The molecular formula is C8H5F3O4. The number of phenols is 2. The van der Waals surface area contributed by atoms with E-state index in [9.17, 15) is 18.0 Å². The summed E-state index contributed by atoms with van der Waals surface area (Å²) in [6, 6.07) is 0.513. The molecule has 0 heterocycles. The zero-order valence-electron chi connectivity index (χ0n) is 7.04. The molecule has 1 aromatic rings. The number of hydrogen-bond acceptors (Lipinski definition) is 3. The van der Waals surface area contributed by atoms with E-state index >= 15 is 0 Å². The number of carboxylic acid groups (broad SMARTS) is 1. The van der Waals surface area contributed by atoms with Gasteiger partial charge in [-0.2, -0.15) is 13.2 Å². The smallest absolute Gasteiger partial charge is 0.419 e. The molecule has 0 aliphatic heterocycles. The molecule has 0 unspecified atom stereocenters. The second-order valence-electron chi connectivity index (χ2n) is 2.69. The number of carbonyl (C=O) groups is 1. The van der Waals surface area contributed by atoms with Crippen molar-refractivity contribution >= 4 is 5.97 Å². The van der Waals surface area contributed by atoms with Crippen LogP contribution in [0.5, 0.6) is 11.5 Å². The number of hydrogen-bond donors (Lipinski definition) is 3. The molecule has 0 aliphatic rings. The first-order valence-electron chi connectivity index (χ1n) is 3.60. The molecule has 1 aromatic carbocycles. The highest BCUT2D eigenvalue weighted by Gasteiger charge is 2.35. The van der Waals surface area contributed by atoms with Gasteiger partial charge in [-0.25, -0.2) is 4.79 Å². The Balaban J connectivity index is 3.43. The van der Waals surface area contributed by atoms with Gasteiger partial charge in [0, 0.05) is 6.07 Å². The summed E-state index contributed by atoms with van der Waals surface area (Å²) in [5.41, 5.74) is -2.42. The van der Waals surface area contributed by atoms with Gasteiger partial charge in [0.05, 0.1) is 5.56 Å². The number of alkyl halides is 3.